The number of aliphatic hydroxyl groups is 1. The zero-order valence-electron chi connectivity index (χ0n) is 25.6. The molecule has 0 fully saturated rings. The van der Waals surface area contributed by atoms with Gasteiger partial charge in [0.2, 0.25) is 0 Å². The number of hydrogen-bond acceptors (Lipinski definition) is 20. The molecule has 38 heavy (non-hydrogen) atoms. The predicted octanol–water partition coefficient (Wildman–Crippen LogP) is -26.1. The van der Waals surface area contributed by atoms with E-state index in [1.54, 1.807) is 0 Å². The molecular formula is C6H29Na5O23Si4. The number of aliphatic carboxylic acids is 3. The van der Waals surface area contributed by atoms with Crippen LogP contribution in [0, 0.1) is 0 Å². The van der Waals surface area contributed by atoms with Crippen LogP contribution in [0.15, 0.2) is 0 Å². The van der Waals surface area contributed by atoms with E-state index in [0.717, 1.165) is 0 Å². The molecule has 0 rings (SSSR count). The summed E-state index contributed by atoms with van der Waals surface area (Å²) in [5.41, 5.74) is -2.74. The van der Waals surface area contributed by atoms with Crippen molar-refractivity contribution in [3.8, 4) is 0 Å². The van der Waals surface area contributed by atoms with Gasteiger partial charge in [0.1, 0.15) is 0 Å². The van der Waals surface area contributed by atoms with Crippen LogP contribution in [-0.4, -0.2) is 157 Å². The summed E-state index contributed by atoms with van der Waals surface area (Å²) < 4.78 is 0. The van der Waals surface area contributed by atoms with Gasteiger partial charge in [-0.3, -0.25) is 9.59 Å². The standard InChI is InChI=1S/C6H8O7.5Na.4H4O4Si.5H/c7-3(8)1-6(13,5(11)12)2-4(9)10;;;;;;4*1-5(2,3)4;;;;;/h13H,1-2H2,(H,7,8)(H,9,10)(H,11,12);;;;;;4*1-4H;;;;;/q;5*+1;;;;;5*-1. The third-order valence-corrected chi connectivity index (χ3v) is 1.29. The third kappa shape index (κ3) is 154. The second kappa shape index (κ2) is 32.0. The minimum Gasteiger partial charge on any atom is -1.00 e. The number of carboxylic acids is 3. The number of hydrogen-bond donors (Lipinski definition) is 20. The van der Waals surface area contributed by atoms with E-state index in [9.17, 15) is 14.4 Å². The first kappa shape index (κ1) is 68.7. The molecule has 0 aliphatic rings. The smallest absolute Gasteiger partial charge is 1.00 e. The third-order valence-electron chi connectivity index (χ3n) is 1.29. The van der Waals surface area contributed by atoms with E-state index in [1.807, 2.05) is 0 Å². The van der Waals surface area contributed by atoms with Crippen LogP contribution >= 0.6 is 0 Å². The van der Waals surface area contributed by atoms with Crippen molar-refractivity contribution >= 4 is 54.1 Å². The minimum atomic E-state index is -4.61. The molecular weight excluding hydrogens is 667 g/mol. The summed E-state index contributed by atoms with van der Waals surface area (Å²) in [6.45, 7) is 0. The van der Waals surface area contributed by atoms with Gasteiger partial charge < -0.3 is 104 Å². The zero-order chi connectivity index (χ0) is 28.6. The van der Waals surface area contributed by atoms with Gasteiger partial charge in [0.05, 0.1) is 12.8 Å². The molecule has 0 unspecified atom stereocenters. The first-order chi connectivity index (χ1) is 13.8. The maximum atomic E-state index is 10.3. The quantitative estimate of drug-likeness (QED) is 0.119. The number of rotatable bonds is 5. The summed E-state index contributed by atoms with van der Waals surface area (Å²) in [5, 5.41) is 33.8. The van der Waals surface area contributed by atoms with Gasteiger partial charge in [0.15, 0.2) is 5.60 Å². The molecule has 0 amide bonds. The maximum Gasteiger partial charge on any atom is 1.00 e. The van der Waals surface area contributed by atoms with Crippen molar-refractivity contribution in [1.29, 1.82) is 0 Å². The van der Waals surface area contributed by atoms with Crippen molar-refractivity contribution in [2.24, 2.45) is 0 Å². The van der Waals surface area contributed by atoms with E-state index < -0.39 is 72.5 Å². The molecule has 0 heterocycles. The molecule has 0 aromatic heterocycles. The topological polar surface area (TPSA) is 456 Å². The molecule has 0 aromatic carbocycles. The largest absolute Gasteiger partial charge is 1.00 e. The molecule has 32 heteroatoms. The van der Waals surface area contributed by atoms with Gasteiger partial charge in [-0.1, -0.05) is 0 Å². The number of carboxylic acid groups (broad SMARTS) is 3. The van der Waals surface area contributed by atoms with E-state index in [1.165, 1.54) is 0 Å². The summed E-state index contributed by atoms with van der Waals surface area (Å²) in [5.74, 6) is -5.02. The van der Waals surface area contributed by atoms with Gasteiger partial charge >= 0.3 is 202 Å². The average molecular weight is 697 g/mol. The maximum absolute atomic E-state index is 10.3. The summed E-state index contributed by atoms with van der Waals surface area (Å²) in [4.78, 5) is 148. The average Bonchev–Trinajstić information content (AvgIpc) is 2.26. The molecule has 0 atom stereocenters. The Labute approximate surface area is 334 Å². The van der Waals surface area contributed by atoms with E-state index in [4.69, 9.17) is 97.2 Å². The summed E-state index contributed by atoms with van der Waals surface area (Å²) >= 11 is 0. The minimum absolute atomic E-state index is 0. The Kier molecular flexibility index (Phi) is 57.8. The van der Waals surface area contributed by atoms with Crippen LogP contribution in [0.3, 0.4) is 0 Å². The monoisotopic (exact) mass is 696 g/mol. The Morgan fingerprint density at radius 1 is 0.447 bits per heavy atom. The SMILES string of the molecule is O=C(O)CC(O)(CC(=O)O)C(=O)O.O[Si](O)(O)O.O[Si](O)(O)O.O[Si](O)(O)O.O[Si](O)(O)O.[H-].[H-].[H-].[H-].[H-].[Na+].[Na+].[Na+].[Na+].[Na+]. The molecule has 0 radical (unpaired) electrons. The van der Waals surface area contributed by atoms with E-state index >= 15 is 0 Å². The van der Waals surface area contributed by atoms with Gasteiger partial charge in [0.25, 0.3) is 0 Å². The molecule has 0 aliphatic heterocycles. The van der Waals surface area contributed by atoms with Crippen molar-refractivity contribution in [1.82, 2.24) is 0 Å². The van der Waals surface area contributed by atoms with Crippen molar-refractivity contribution in [3.63, 3.8) is 0 Å². The fourth-order valence-corrected chi connectivity index (χ4v) is 0.714. The van der Waals surface area contributed by atoms with Gasteiger partial charge in [-0.2, -0.15) is 0 Å². The van der Waals surface area contributed by atoms with Crippen LogP contribution in [0.25, 0.3) is 0 Å². The predicted molar refractivity (Wildman–Crippen MR) is 101 cm³/mol. The van der Waals surface area contributed by atoms with E-state index in [0.29, 0.717) is 0 Å². The van der Waals surface area contributed by atoms with Crippen LogP contribution in [0.5, 0.6) is 0 Å². The second-order valence-electron chi connectivity index (χ2n) is 4.88. The van der Waals surface area contributed by atoms with Crippen molar-refractivity contribution in [2.75, 3.05) is 0 Å². The molecule has 0 spiro atoms. The van der Waals surface area contributed by atoms with Gasteiger partial charge in [-0.05, 0) is 0 Å². The fourth-order valence-electron chi connectivity index (χ4n) is 0.714. The normalized spacial score (nSPS) is 10.0. The molecule has 0 bridgehead atoms. The summed E-state index contributed by atoms with van der Waals surface area (Å²) in [6, 6.07) is 0. The van der Waals surface area contributed by atoms with Crippen molar-refractivity contribution in [3.05, 3.63) is 0 Å². The Hall–Kier alpha value is 3.60. The zero-order valence-corrected chi connectivity index (χ0v) is 34.6. The van der Waals surface area contributed by atoms with Crippen LogP contribution < -0.4 is 148 Å². The number of carbonyl (C=O) groups is 3. The fraction of sp³-hybridized carbons (Fsp3) is 0.500. The second-order valence-corrected chi connectivity index (χ2v) is 9.68. The molecule has 0 aromatic rings. The first-order valence-corrected chi connectivity index (χ1v) is 13.9. The molecule has 0 saturated carbocycles. The Morgan fingerprint density at radius 3 is 0.605 bits per heavy atom. The first-order valence-electron chi connectivity index (χ1n) is 6.75. The Bertz CT molecular complexity index is 507. The molecule has 0 aliphatic carbocycles. The van der Waals surface area contributed by atoms with Crippen LogP contribution in [0.1, 0.15) is 20.0 Å². The van der Waals surface area contributed by atoms with Crippen LogP contribution in [0.2, 0.25) is 0 Å². The van der Waals surface area contributed by atoms with E-state index in [-0.39, 0.29) is 155 Å². The van der Waals surface area contributed by atoms with Crippen molar-refractivity contribution in [2.45, 2.75) is 18.4 Å². The molecule has 20 N–H and O–H groups in total. The molecule has 23 nitrogen and oxygen atoms in total. The summed E-state index contributed by atoms with van der Waals surface area (Å²) in [6.07, 6.45) is -2.29. The van der Waals surface area contributed by atoms with Crippen molar-refractivity contribution < 1.29 is 266 Å². The molecule has 212 valence electrons. The van der Waals surface area contributed by atoms with Crippen LogP contribution in [-0.2, 0) is 14.4 Å². The Balaban J connectivity index is -0.0000000177. The molecule has 0 saturated heterocycles. The Morgan fingerprint density at radius 2 is 0.553 bits per heavy atom. The van der Waals surface area contributed by atoms with Gasteiger partial charge in [-0.25, -0.2) is 4.79 Å². The summed E-state index contributed by atoms with van der Waals surface area (Å²) in [7, 11) is -18.4. The van der Waals surface area contributed by atoms with Gasteiger partial charge in [0, 0.05) is 0 Å². The van der Waals surface area contributed by atoms with E-state index in [2.05, 4.69) is 0 Å². The van der Waals surface area contributed by atoms with Gasteiger partial charge in [-0.15, -0.1) is 0 Å². The van der Waals surface area contributed by atoms with Crippen LogP contribution in [0.4, 0.5) is 0 Å².